The Balaban J connectivity index is 1.52. The van der Waals surface area contributed by atoms with Gasteiger partial charge in [0.05, 0.1) is 13.7 Å². The van der Waals surface area contributed by atoms with Gasteiger partial charge in [0.25, 0.3) is 0 Å². The average Bonchev–Trinajstić information content (AvgIpc) is 2.68. The van der Waals surface area contributed by atoms with Gasteiger partial charge < -0.3 is 18.6 Å². The van der Waals surface area contributed by atoms with Crippen LogP contribution in [0.4, 0.5) is 0 Å². The first-order chi connectivity index (χ1) is 13.5. The Bertz CT molecular complexity index is 1020. The Labute approximate surface area is 162 Å². The molecule has 0 unspecified atom stereocenters. The smallest absolute Gasteiger partial charge is 0.336 e. The van der Waals surface area contributed by atoms with Crippen LogP contribution in [0.2, 0.25) is 0 Å². The van der Waals surface area contributed by atoms with Gasteiger partial charge in [0.15, 0.2) is 0 Å². The lowest BCUT2D eigenvalue weighted by Crippen LogP contribution is -2.09. The highest BCUT2D eigenvalue weighted by Crippen LogP contribution is 2.23. The van der Waals surface area contributed by atoms with Crippen LogP contribution in [0.25, 0.3) is 11.0 Å². The zero-order chi connectivity index (χ0) is 19.9. The molecule has 0 bridgehead atoms. The monoisotopic (exact) mass is 382 g/mol. The van der Waals surface area contributed by atoms with Gasteiger partial charge in [0.1, 0.15) is 23.7 Å². The molecule has 0 spiro atoms. The average molecular weight is 382 g/mol. The lowest BCUT2D eigenvalue weighted by Gasteiger charge is -2.09. The van der Waals surface area contributed by atoms with Crippen molar-refractivity contribution in [2.45, 2.75) is 26.4 Å². The van der Waals surface area contributed by atoms with Crippen LogP contribution in [0.15, 0.2) is 57.7 Å². The summed E-state index contributed by atoms with van der Waals surface area (Å²) >= 11 is 0. The Morgan fingerprint density at radius 2 is 1.93 bits per heavy atom. The lowest BCUT2D eigenvalue weighted by molar-refractivity contribution is -0.145. The van der Waals surface area contributed by atoms with E-state index < -0.39 is 5.63 Å². The molecule has 0 atom stereocenters. The number of aryl methyl sites for hydroxylation is 1. The van der Waals surface area contributed by atoms with Crippen molar-refractivity contribution in [3.05, 3.63) is 70.1 Å². The molecular formula is C22H22O6. The highest BCUT2D eigenvalue weighted by molar-refractivity contribution is 5.81. The van der Waals surface area contributed by atoms with Gasteiger partial charge in [-0.05, 0) is 43.2 Å². The lowest BCUT2D eigenvalue weighted by atomic mass is 10.1. The highest BCUT2D eigenvalue weighted by Gasteiger charge is 2.10. The first-order valence-corrected chi connectivity index (χ1v) is 9.01. The number of hydrogen-bond donors (Lipinski definition) is 0. The minimum atomic E-state index is -0.502. The van der Waals surface area contributed by atoms with Gasteiger partial charge in [-0.15, -0.1) is 0 Å². The van der Waals surface area contributed by atoms with Crippen molar-refractivity contribution in [2.75, 3.05) is 13.7 Å². The maximum atomic E-state index is 12.0. The first kappa shape index (κ1) is 19.5. The minimum absolute atomic E-state index is 0.00595. The fourth-order valence-electron chi connectivity index (χ4n) is 2.80. The standard InChI is InChI=1S/C22H22O6/c1-15-5-3-6-18(11-15)26-10-4-7-21(23)27-14-16-12-22(24)28-20-13-17(25-2)8-9-19(16)20/h3,5-6,8-9,11-13H,4,7,10,14H2,1-2H3. The Hall–Kier alpha value is -3.28. The number of fused-ring (bicyclic) bond motifs is 1. The highest BCUT2D eigenvalue weighted by atomic mass is 16.5. The summed E-state index contributed by atoms with van der Waals surface area (Å²) in [7, 11) is 1.54. The topological polar surface area (TPSA) is 75.0 Å². The molecule has 3 rings (SSSR count). The molecule has 0 saturated heterocycles. The Kier molecular flexibility index (Phi) is 6.32. The quantitative estimate of drug-likeness (QED) is 0.333. The van der Waals surface area contributed by atoms with Crippen molar-refractivity contribution >= 4 is 16.9 Å². The SMILES string of the molecule is COc1ccc2c(COC(=O)CCCOc3cccc(C)c3)cc(=O)oc2c1. The van der Waals surface area contributed by atoms with Crippen LogP contribution in [0.5, 0.6) is 11.5 Å². The number of benzene rings is 2. The van der Waals surface area contributed by atoms with Crippen LogP contribution in [-0.2, 0) is 16.1 Å². The second-order valence-electron chi connectivity index (χ2n) is 6.38. The predicted molar refractivity (Wildman–Crippen MR) is 105 cm³/mol. The van der Waals surface area contributed by atoms with E-state index in [0.717, 1.165) is 11.3 Å². The third kappa shape index (κ3) is 5.13. The molecule has 0 radical (unpaired) electrons. The van der Waals surface area contributed by atoms with Crippen molar-refractivity contribution in [1.29, 1.82) is 0 Å². The van der Waals surface area contributed by atoms with Gasteiger partial charge >= 0.3 is 11.6 Å². The summed E-state index contributed by atoms with van der Waals surface area (Å²) in [4.78, 5) is 23.8. The molecular weight excluding hydrogens is 360 g/mol. The molecule has 2 aromatic carbocycles. The van der Waals surface area contributed by atoms with E-state index in [2.05, 4.69) is 0 Å². The van der Waals surface area contributed by atoms with Crippen molar-refractivity contribution in [2.24, 2.45) is 0 Å². The summed E-state index contributed by atoms with van der Waals surface area (Å²) in [6.07, 6.45) is 0.778. The van der Waals surface area contributed by atoms with Gasteiger partial charge in [-0.3, -0.25) is 4.79 Å². The number of methoxy groups -OCH3 is 1. The number of carbonyl (C=O) groups is 1. The summed E-state index contributed by atoms with van der Waals surface area (Å²) in [5.41, 5.74) is 1.61. The second kappa shape index (κ2) is 9.08. The van der Waals surface area contributed by atoms with Crippen LogP contribution in [0.1, 0.15) is 24.0 Å². The van der Waals surface area contributed by atoms with E-state index in [9.17, 15) is 9.59 Å². The first-order valence-electron chi connectivity index (χ1n) is 9.01. The largest absolute Gasteiger partial charge is 0.497 e. The molecule has 3 aromatic rings. The maximum Gasteiger partial charge on any atom is 0.336 e. The van der Waals surface area contributed by atoms with Crippen LogP contribution >= 0.6 is 0 Å². The minimum Gasteiger partial charge on any atom is -0.497 e. The molecule has 1 heterocycles. The third-order valence-electron chi connectivity index (χ3n) is 4.21. The van der Waals surface area contributed by atoms with E-state index in [-0.39, 0.29) is 19.0 Å². The summed E-state index contributed by atoms with van der Waals surface area (Å²) in [6.45, 7) is 2.43. The molecule has 0 fully saturated rings. The van der Waals surface area contributed by atoms with E-state index in [4.69, 9.17) is 18.6 Å². The Morgan fingerprint density at radius 3 is 2.71 bits per heavy atom. The fourth-order valence-corrected chi connectivity index (χ4v) is 2.80. The predicted octanol–water partition coefficient (Wildman–Crippen LogP) is 4.01. The zero-order valence-corrected chi connectivity index (χ0v) is 15.9. The van der Waals surface area contributed by atoms with Crippen molar-refractivity contribution in [3.8, 4) is 11.5 Å². The number of carbonyl (C=O) groups excluding carboxylic acids is 1. The van der Waals surface area contributed by atoms with Crippen LogP contribution in [0.3, 0.4) is 0 Å². The van der Waals surface area contributed by atoms with Crippen LogP contribution in [-0.4, -0.2) is 19.7 Å². The summed E-state index contributed by atoms with van der Waals surface area (Å²) in [5.74, 6) is 1.02. The van der Waals surface area contributed by atoms with Gasteiger partial charge in [-0.25, -0.2) is 4.79 Å². The van der Waals surface area contributed by atoms with Crippen molar-refractivity contribution in [1.82, 2.24) is 0 Å². The normalized spacial score (nSPS) is 10.6. The van der Waals surface area contributed by atoms with Gasteiger partial charge in [-0.2, -0.15) is 0 Å². The van der Waals surface area contributed by atoms with E-state index in [1.54, 1.807) is 18.2 Å². The molecule has 0 aliphatic rings. The van der Waals surface area contributed by atoms with E-state index >= 15 is 0 Å². The Morgan fingerprint density at radius 1 is 1.07 bits per heavy atom. The third-order valence-corrected chi connectivity index (χ3v) is 4.21. The van der Waals surface area contributed by atoms with Crippen LogP contribution < -0.4 is 15.1 Å². The van der Waals surface area contributed by atoms with Crippen molar-refractivity contribution in [3.63, 3.8) is 0 Å². The van der Waals surface area contributed by atoms with E-state index in [1.165, 1.54) is 13.2 Å². The van der Waals surface area contributed by atoms with Gasteiger partial charge in [0.2, 0.25) is 0 Å². The van der Waals surface area contributed by atoms with E-state index in [1.807, 2.05) is 31.2 Å². The molecule has 0 N–H and O–H groups in total. The van der Waals surface area contributed by atoms with Gasteiger partial charge in [0, 0.05) is 29.5 Å². The second-order valence-corrected chi connectivity index (χ2v) is 6.38. The molecule has 1 aromatic heterocycles. The molecule has 28 heavy (non-hydrogen) atoms. The molecule has 0 aliphatic carbocycles. The van der Waals surface area contributed by atoms with Crippen molar-refractivity contribution < 1.29 is 23.4 Å². The number of esters is 1. The maximum absolute atomic E-state index is 12.0. The molecule has 0 aliphatic heterocycles. The fraction of sp³-hybridized carbons (Fsp3) is 0.273. The zero-order valence-electron chi connectivity index (χ0n) is 15.9. The molecule has 6 nitrogen and oxygen atoms in total. The molecule has 0 amide bonds. The number of rotatable bonds is 8. The molecule has 146 valence electrons. The summed E-state index contributed by atoms with van der Waals surface area (Å²) in [6, 6.07) is 14.2. The summed E-state index contributed by atoms with van der Waals surface area (Å²) in [5, 5.41) is 0.705. The molecule has 0 saturated carbocycles. The summed E-state index contributed by atoms with van der Waals surface area (Å²) < 4.78 is 21.3. The van der Waals surface area contributed by atoms with Gasteiger partial charge in [-0.1, -0.05) is 12.1 Å². The van der Waals surface area contributed by atoms with Crippen LogP contribution in [0, 0.1) is 6.92 Å². The molecule has 6 heteroatoms. The number of hydrogen-bond acceptors (Lipinski definition) is 6. The van der Waals surface area contributed by atoms with E-state index in [0.29, 0.717) is 35.3 Å². The number of ether oxygens (including phenoxy) is 3.